The monoisotopic (exact) mass is 726 g/mol. The Morgan fingerprint density at radius 2 is 1.79 bits per heavy atom. The second kappa shape index (κ2) is 13.7. The first kappa shape index (κ1) is 38.1. The van der Waals surface area contributed by atoms with Crippen molar-refractivity contribution in [2.24, 2.45) is 28.6 Å². The molecular weight excluding hydrogens is 675 g/mol. The van der Waals surface area contributed by atoms with E-state index in [1.54, 1.807) is 19.9 Å². The Kier molecular flexibility index (Phi) is 10.0. The summed E-state index contributed by atoms with van der Waals surface area (Å²) in [5.74, 6) is -3.76. The van der Waals surface area contributed by atoms with E-state index in [2.05, 4.69) is 0 Å². The molecule has 1 heterocycles. The van der Waals surface area contributed by atoms with Crippen molar-refractivity contribution < 1.29 is 57.1 Å². The largest absolute Gasteiger partial charge is 0.514 e. The molecule has 0 radical (unpaired) electrons. The van der Waals surface area contributed by atoms with Gasteiger partial charge in [0.25, 0.3) is 0 Å². The summed E-state index contributed by atoms with van der Waals surface area (Å²) in [5.41, 5.74) is -5.16. The topological polar surface area (TPSA) is 144 Å². The molecule has 1 aromatic rings. The summed E-state index contributed by atoms with van der Waals surface area (Å²) >= 11 is 0. The molecule has 3 saturated carbocycles. The van der Waals surface area contributed by atoms with Crippen LogP contribution >= 0.6 is 0 Å². The Morgan fingerprint density at radius 3 is 2.48 bits per heavy atom. The van der Waals surface area contributed by atoms with E-state index in [1.165, 1.54) is 37.5 Å². The van der Waals surface area contributed by atoms with E-state index in [1.807, 2.05) is 27.7 Å². The third-order valence-electron chi connectivity index (χ3n) is 12.6. The fourth-order valence-corrected chi connectivity index (χ4v) is 10.4. The minimum absolute atomic E-state index is 0.0363. The summed E-state index contributed by atoms with van der Waals surface area (Å²) in [6.07, 6.45) is 4.63. The van der Waals surface area contributed by atoms with Crippen LogP contribution in [0.3, 0.4) is 0 Å². The molecular formula is C40H51FO11. The van der Waals surface area contributed by atoms with Gasteiger partial charge >= 0.3 is 12.1 Å². The molecule has 1 aliphatic heterocycles. The predicted octanol–water partition coefficient (Wildman–Crippen LogP) is 6.63. The average molecular weight is 727 g/mol. The van der Waals surface area contributed by atoms with Gasteiger partial charge in [-0.2, -0.15) is 0 Å². The van der Waals surface area contributed by atoms with Crippen LogP contribution in [0.1, 0.15) is 96.8 Å². The lowest BCUT2D eigenvalue weighted by Gasteiger charge is -2.64. The Bertz CT molecular complexity index is 1680. The molecule has 9 unspecified atom stereocenters. The van der Waals surface area contributed by atoms with Crippen molar-refractivity contribution in [3.8, 4) is 11.5 Å². The van der Waals surface area contributed by atoms with Crippen LogP contribution in [0.25, 0.3) is 0 Å². The highest BCUT2D eigenvalue weighted by atomic mass is 19.1. The molecule has 4 fully saturated rings. The molecule has 52 heavy (non-hydrogen) atoms. The average Bonchev–Trinajstić information content (AvgIpc) is 3.52. The highest BCUT2D eigenvalue weighted by Gasteiger charge is 2.80. The summed E-state index contributed by atoms with van der Waals surface area (Å²) in [4.78, 5) is 52.4. The first-order chi connectivity index (χ1) is 24.5. The van der Waals surface area contributed by atoms with Crippen LogP contribution < -0.4 is 9.47 Å². The molecule has 4 aliphatic carbocycles. The molecule has 12 heteroatoms. The Hall–Kier alpha value is -3.61. The molecule has 1 aromatic carbocycles. The second-order valence-corrected chi connectivity index (χ2v) is 15.8. The number of carbonyl (C=O) groups is 4. The van der Waals surface area contributed by atoms with Crippen LogP contribution in [0.15, 0.2) is 42.0 Å². The number of allylic oxidation sites excluding steroid dienone is 4. The van der Waals surface area contributed by atoms with Gasteiger partial charge in [0.05, 0.1) is 31.5 Å². The highest BCUT2D eigenvalue weighted by molar-refractivity contribution is 6.01. The molecule has 1 saturated heterocycles. The second-order valence-electron chi connectivity index (χ2n) is 15.8. The zero-order chi connectivity index (χ0) is 37.9. The minimum atomic E-state index is -2.11. The lowest BCUT2D eigenvalue weighted by atomic mass is 9.42. The number of hydrogen-bond donors (Lipinski definition) is 1. The maximum absolute atomic E-state index is 18.1. The van der Waals surface area contributed by atoms with Gasteiger partial charge in [0.15, 0.2) is 40.9 Å². The van der Waals surface area contributed by atoms with Gasteiger partial charge in [-0.1, -0.05) is 52.2 Å². The van der Waals surface area contributed by atoms with E-state index in [0.717, 1.165) is 19.3 Å². The SMILES string of the molecule is CCCCCOC(=O)c1ccc(OC(=O)OCC(=O)C23OC(C)(C)OC2CC2C4CC(C)C5=CC(=O)C=CC5(CC)C4(F)C(O)CC23C)c(OC)c1. The number of aliphatic hydroxyl groups is 1. The number of carbonyl (C=O) groups excluding carboxylic acids is 4. The van der Waals surface area contributed by atoms with Gasteiger partial charge in [-0.05, 0) is 88.1 Å². The van der Waals surface area contributed by atoms with Crippen molar-refractivity contribution in [1.29, 1.82) is 0 Å². The summed E-state index contributed by atoms with van der Waals surface area (Å²) in [6, 6.07) is 4.19. The predicted molar refractivity (Wildman–Crippen MR) is 185 cm³/mol. The molecule has 1 N–H and O–H groups in total. The zero-order valence-electron chi connectivity index (χ0n) is 31.1. The van der Waals surface area contributed by atoms with Gasteiger partial charge in [-0.15, -0.1) is 0 Å². The van der Waals surface area contributed by atoms with Crippen LogP contribution in [0.5, 0.6) is 11.5 Å². The fourth-order valence-electron chi connectivity index (χ4n) is 10.4. The lowest BCUT2D eigenvalue weighted by molar-refractivity contribution is -0.250. The van der Waals surface area contributed by atoms with Gasteiger partial charge in [0.1, 0.15) is 0 Å². The summed E-state index contributed by atoms with van der Waals surface area (Å²) < 4.78 is 52.4. The standard InChI is InChI=1S/C40H51FO11/c1-8-10-11-16-48-34(45)24-12-13-29(30(18-24)47-7)50-35(46)49-22-32(44)40-33(51-36(4,5)52-40)20-27-28-17-23(3)26-19-25(42)14-15-38(26,9-2)39(28,41)31(43)21-37(27,40)6/h12-15,18-19,23,27-28,31,33,43H,8-11,16-17,20-22H2,1-7H3. The van der Waals surface area contributed by atoms with Crippen molar-refractivity contribution in [3.63, 3.8) is 0 Å². The van der Waals surface area contributed by atoms with Crippen molar-refractivity contribution in [2.45, 2.75) is 116 Å². The molecule has 5 aliphatic rings. The third kappa shape index (κ3) is 5.71. The number of rotatable bonds is 11. The van der Waals surface area contributed by atoms with Gasteiger partial charge < -0.3 is 33.5 Å². The fraction of sp³-hybridized carbons (Fsp3) is 0.650. The number of benzene rings is 1. The van der Waals surface area contributed by atoms with Gasteiger partial charge in [-0.25, -0.2) is 14.0 Å². The number of aliphatic hydroxyl groups excluding tert-OH is 1. The summed E-state index contributed by atoms with van der Waals surface area (Å²) in [5, 5.41) is 12.0. The Balaban J connectivity index is 1.22. The van der Waals surface area contributed by atoms with E-state index in [4.69, 9.17) is 28.4 Å². The van der Waals surface area contributed by atoms with E-state index < -0.39 is 76.4 Å². The molecule has 284 valence electrons. The smallest absolute Gasteiger partial charge is 0.493 e. The van der Waals surface area contributed by atoms with Crippen LogP contribution in [-0.2, 0) is 28.5 Å². The number of fused-ring (bicyclic) bond motifs is 7. The number of Topliss-reactive ketones (excluding diaryl/α,β-unsaturated/α-hetero) is 1. The number of unbranched alkanes of at least 4 members (excludes halogenated alkanes) is 2. The number of halogens is 1. The zero-order valence-corrected chi connectivity index (χ0v) is 31.1. The van der Waals surface area contributed by atoms with E-state index in [9.17, 15) is 24.3 Å². The molecule has 9 atom stereocenters. The van der Waals surface area contributed by atoms with Crippen molar-refractivity contribution in [2.75, 3.05) is 20.3 Å². The van der Waals surface area contributed by atoms with E-state index in [0.29, 0.717) is 18.4 Å². The van der Waals surface area contributed by atoms with Crippen LogP contribution in [0.4, 0.5) is 9.18 Å². The minimum Gasteiger partial charge on any atom is -0.493 e. The number of esters is 1. The van der Waals surface area contributed by atoms with Crippen molar-refractivity contribution in [1.82, 2.24) is 0 Å². The lowest BCUT2D eigenvalue weighted by Crippen LogP contribution is -2.71. The maximum Gasteiger partial charge on any atom is 0.514 e. The Morgan fingerprint density at radius 1 is 1.04 bits per heavy atom. The molecule has 0 aromatic heterocycles. The normalized spacial score (nSPS) is 36.8. The number of methoxy groups -OCH3 is 1. The quantitative estimate of drug-likeness (QED) is 0.149. The molecule has 6 rings (SSSR count). The number of ether oxygens (including phenoxy) is 6. The molecule has 11 nitrogen and oxygen atoms in total. The van der Waals surface area contributed by atoms with Crippen LogP contribution in [0.2, 0.25) is 0 Å². The van der Waals surface area contributed by atoms with Crippen molar-refractivity contribution in [3.05, 3.63) is 47.6 Å². The van der Waals surface area contributed by atoms with Crippen LogP contribution in [-0.4, -0.2) is 78.4 Å². The van der Waals surface area contributed by atoms with E-state index in [-0.39, 0.29) is 48.2 Å². The molecule has 0 amide bonds. The molecule has 0 spiro atoms. The van der Waals surface area contributed by atoms with Gasteiger partial charge in [0.2, 0.25) is 5.78 Å². The summed E-state index contributed by atoms with van der Waals surface area (Å²) in [6.45, 7) is 10.7. The van der Waals surface area contributed by atoms with Crippen molar-refractivity contribution >= 4 is 23.7 Å². The van der Waals surface area contributed by atoms with Gasteiger partial charge in [0, 0.05) is 16.7 Å². The van der Waals surface area contributed by atoms with Gasteiger partial charge in [-0.3, -0.25) is 9.59 Å². The first-order valence-electron chi connectivity index (χ1n) is 18.5. The van der Waals surface area contributed by atoms with Crippen LogP contribution in [0, 0.1) is 28.6 Å². The number of hydrogen-bond acceptors (Lipinski definition) is 11. The molecule has 0 bridgehead atoms. The highest BCUT2D eigenvalue weighted by Crippen LogP contribution is 2.73. The Labute approximate surface area is 304 Å². The third-order valence-corrected chi connectivity index (χ3v) is 12.6. The maximum atomic E-state index is 18.1. The number of alkyl halides is 1. The summed E-state index contributed by atoms with van der Waals surface area (Å²) in [7, 11) is 1.35. The number of ketones is 2. The first-order valence-corrected chi connectivity index (χ1v) is 18.5. The van der Waals surface area contributed by atoms with E-state index >= 15 is 4.39 Å².